The molecule has 1 atom stereocenters. The molecule has 1 aliphatic heterocycles. The zero-order valence-electron chi connectivity index (χ0n) is 15.2. The smallest absolute Gasteiger partial charge is 0.410 e. The molecule has 1 amide bonds. The van der Waals surface area contributed by atoms with Crippen molar-refractivity contribution in [1.29, 1.82) is 0 Å². The van der Waals surface area contributed by atoms with Gasteiger partial charge in [-0.25, -0.2) is 4.79 Å². The third-order valence-corrected chi connectivity index (χ3v) is 4.31. The maximum atomic E-state index is 12.6. The van der Waals surface area contributed by atoms with Crippen LogP contribution >= 0.6 is 0 Å². The van der Waals surface area contributed by atoms with Crippen LogP contribution in [0.25, 0.3) is 0 Å². The van der Waals surface area contributed by atoms with Crippen LogP contribution in [0.1, 0.15) is 27.2 Å². The zero-order valence-corrected chi connectivity index (χ0v) is 15.2. The molecule has 26 heavy (non-hydrogen) atoms. The molecule has 1 fully saturated rings. The number of methoxy groups -OCH3 is 1. The Morgan fingerprint density at radius 2 is 1.85 bits per heavy atom. The monoisotopic (exact) mass is 365 g/mol. The van der Waals surface area contributed by atoms with Gasteiger partial charge in [0.15, 0.2) is 5.78 Å². The minimum atomic E-state index is -1.42. The lowest BCUT2D eigenvalue weighted by Gasteiger charge is -2.45. The molecule has 0 unspecified atom stereocenters. The van der Waals surface area contributed by atoms with Gasteiger partial charge in [-0.05, 0) is 32.4 Å². The van der Waals surface area contributed by atoms with Crippen LogP contribution in [0.2, 0.25) is 0 Å². The Kier molecular flexibility index (Phi) is 5.16. The van der Waals surface area contributed by atoms with E-state index in [2.05, 4.69) is 0 Å². The van der Waals surface area contributed by atoms with Crippen molar-refractivity contribution < 1.29 is 34.1 Å². The number of hydrogen-bond acceptors (Lipinski definition) is 7. The number of esters is 1. The maximum Gasteiger partial charge on any atom is 0.410 e. The van der Waals surface area contributed by atoms with Gasteiger partial charge in [-0.15, -0.1) is 0 Å². The van der Waals surface area contributed by atoms with Gasteiger partial charge < -0.3 is 24.6 Å². The second-order valence-corrected chi connectivity index (χ2v) is 7.32. The minimum Gasteiger partial charge on any atom is -0.515 e. The molecular weight excluding hydrogens is 342 g/mol. The van der Waals surface area contributed by atoms with Crippen LogP contribution in [0.4, 0.5) is 4.79 Å². The predicted octanol–water partition coefficient (Wildman–Crippen LogP) is 2.18. The van der Waals surface area contributed by atoms with Gasteiger partial charge in [0.2, 0.25) is 0 Å². The van der Waals surface area contributed by atoms with E-state index >= 15 is 0 Å². The summed E-state index contributed by atoms with van der Waals surface area (Å²) in [6.45, 7) is 5.00. The second-order valence-electron chi connectivity index (χ2n) is 7.32. The summed E-state index contributed by atoms with van der Waals surface area (Å²) >= 11 is 0. The van der Waals surface area contributed by atoms with Crippen LogP contribution < -0.4 is 0 Å². The number of hydrogen-bond donors (Lipinski definition) is 2. The number of allylic oxidation sites excluding steroid dienone is 2. The summed E-state index contributed by atoms with van der Waals surface area (Å²) < 4.78 is 10.3. The topological polar surface area (TPSA) is 113 Å². The number of carbonyl (C=O) groups is 3. The molecule has 2 rings (SSSR count). The summed E-state index contributed by atoms with van der Waals surface area (Å²) in [5.41, 5.74) is -1.63. The summed E-state index contributed by atoms with van der Waals surface area (Å²) in [4.78, 5) is 38.5. The highest BCUT2D eigenvalue weighted by molar-refractivity contribution is 6.08. The van der Waals surface area contributed by atoms with Gasteiger partial charge in [0.25, 0.3) is 0 Å². The van der Waals surface area contributed by atoms with Crippen LogP contribution in [0, 0.1) is 5.41 Å². The summed E-state index contributed by atoms with van der Waals surface area (Å²) in [7, 11) is 1.20. The highest BCUT2D eigenvalue weighted by Gasteiger charge is 2.53. The molecule has 2 N–H and O–H groups in total. The first kappa shape index (κ1) is 19.6. The van der Waals surface area contributed by atoms with Gasteiger partial charge in [-0.1, -0.05) is 0 Å². The largest absolute Gasteiger partial charge is 0.515 e. The van der Waals surface area contributed by atoms with Crippen LogP contribution in [0.15, 0.2) is 35.3 Å². The first-order chi connectivity index (χ1) is 12.1. The molecular formula is C18H23NO7. The van der Waals surface area contributed by atoms with E-state index in [0.717, 1.165) is 6.26 Å². The normalized spacial score (nSPS) is 26.4. The Hall–Kier alpha value is -2.77. The van der Waals surface area contributed by atoms with Gasteiger partial charge in [0.05, 0.1) is 26.2 Å². The molecule has 0 bridgehead atoms. The van der Waals surface area contributed by atoms with Crippen molar-refractivity contribution in [2.45, 2.75) is 32.8 Å². The van der Waals surface area contributed by atoms with Crippen LogP contribution in [-0.4, -0.2) is 58.8 Å². The van der Waals surface area contributed by atoms with Gasteiger partial charge in [-0.2, -0.15) is 0 Å². The molecule has 0 spiro atoms. The fourth-order valence-corrected chi connectivity index (χ4v) is 3.20. The summed E-state index contributed by atoms with van der Waals surface area (Å²) in [6.07, 6.45) is 1.79. The SMILES string of the molecule is COC(=O)[C@]12C/C(=C/O)C(=O)C=C1/C(=C\O)CN(C(=O)OC(C)(C)C)C2. The van der Waals surface area contributed by atoms with Crippen LogP contribution in [0.5, 0.6) is 0 Å². The number of likely N-dealkylation sites (tertiary alicyclic amines) is 1. The number of fused-ring (bicyclic) bond motifs is 1. The van der Waals surface area contributed by atoms with Gasteiger partial charge in [0, 0.05) is 24.1 Å². The lowest BCUT2D eigenvalue weighted by Crippen LogP contribution is -2.55. The first-order valence-corrected chi connectivity index (χ1v) is 8.07. The van der Waals surface area contributed by atoms with E-state index in [4.69, 9.17) is 9.47 Å². The second kappa shape index (κ2) is 6.86. The van der Waals surface area contributed by atoms with Crippen molar-refractivity contribution in [3.05, 3.63) is 35.3 Å². The van der Waals surface area contributed by atoms with E-state index in [1.807, 2.05) is 0 Å². The number of ketones is 1. The molecule has 0 aromatic carbocycles. The average Bonchev–Trinajstić information content (AvgIpc) is 2.58. The third kappa shape index (κ3) is 3.44. The molecule has 0 aromatic rings. The number of aliphatic hydroxyl groups is 2. The standard InChI is InChI=1S/C18H23NO7/c1-17(2,3)26-16(24)19-7-12(9-21)13-5-14(22)11(8-20)6-18(13,10-19)15(23)25-4/h5,8-9,20-21H,6-7,10H2,1-4H3/b11-8-,12-9-/t18-/m0/s1. The molecule has 0 saturated carbocycles. The first-order valence-electron chi connectivity index (χ1n) is 8.07. The molecule has 0 aromatic heterocycles. The molecule has 142 valence electrons. The number of aliphatic hydroxyl groups excluding tert-OH is 2. The summed E-state index contributed by atoms with van der Waals surface area (Å²) in [6, 6.07) is 0. The zero-order chi connectivity index (χ0) is 19.7. The Morgan fingerprint density at radius 3 is 2.35 bits per heavy atom. The highest BCUT2D eigenvalue weighted by Crippen LogP contribution is 2.47. The van der Waals surface area contributed by atoms with E-state index in [1.54, 1.807) is 20.8 Å². The minimum absolute atomic E-state index is 0.0162. The van der Waals surface area contributed by atoms with Crippen LogP contribution in [-0.2, 0) is 19.1 Å². The molecule has 8 nitrogen and oxygen atoms in total. The van der Waals surface area contributed by atoms with Gasteiger partial charge >= 0.3 is 12.1 Å². The van der Waals surface area contributed by atoms with Gasteiger partial charge in [0.1, 0.15) is 11.0 Å². The summed E-state index contributed by atoms with van der Waals surface area (Å²) in [5, 5.41) is 19.0. The van der Waals surface area contributed by atoms with Crippen LogP contribution in [0.3, 0.4) is 0 Å². The molecule has 1 heterocycles. The van der Waals surface area contributed by atoms with Crippen molar-refractivity contribution in [1.82, 2.24) is 4.90 Å². The number of carbonyl (C=O) groups excluding carboxylic acids is 3. The van der Waals surface area contributed by atoms with Crippen molar-refractivity contribution >= 4 is 17.8 Å². The van der Waals surface area contributed by atoms with E-state index in [9.17, 15) is 24.6 Å². The fraction of sp³-hybridized carbons (Fsp3) is 0.500. The number of piperidine rings is 1. The lowest BCUT2D eigenvalue weighted by molar-refractivity contribution is -0.152. The van der Waals surface area contributed by atoms with Crippen molar-refractivity contribution in [2.24, 2.45) is 5.41 Å². The Balaban J connectivity index is 2.54. The summed E-state index contributed by atoms with van der Waals surface area (Å²) in [5.74, 6) is -1.14. The number of ether oxygens (including phenoxy) is 2. The van der Waals surface area contributed by atoms with Crippen molar-refractivity contribution in [2.75, 3.05) is 20.2 Å². The van der Waals surface area contributed by atoms with E-state index in [1.165, 1.54) is 18.1 Å². The predicted molar refractivity (Wildman–Crippen MR) is 91.4 cm³/mol. The van der Waals surface area contributed by atoms with E-state index in [-0.39, 0.29) is 36.2 Å². The average molecular weight is 365 g/mol. The molecule has 0 radical (unpaired) electrons. The van der Waals surface area contributed by atoms with E-state index in [0.29, 0.717) is 6.26 Å². The Bertz CT molecular complexity index is 726. The maximum absolute atomic E-state index is 12.6. The molecule has 2 aliphatic rings. The third-order valence-electron chi connectivity index (χ3n) is 4.31. The van der Waals surface area contributed by atoms with Crippen molar-refractivity contribution in [3.63, 3.8) is 0 Å². The van der Waals surface area contributed by atoms with Crippen molar-refractivity contribution in [3.8, 4) is 0 Å². The van der Waals surface area contributed by atoms with E-state index < -0.39 is 28.9 Å². The molecule has 8 heteroatoms. The quantitative estimate of drug-likeness (QED) is 0.416. The van der Waals surface area contributed by atoms with Gasteiger partial charge in [-0.3, -0.25) is 9.59 Å². The molecule has 1 aliphatic carbocycles. The lowest BCUT2D eigenvalue weighted by atomic mass is 9.66. The fourth-order valence-electron chi connectivity index (χ4n) is 3.20. The highest BCUT2D eigenvalue weighted by atomic mass is 16.6. The number of nitrogens with zero attached hydrogens (tertiary/aromatic N) is 1. The number of rotatable bonds is 1. The Labute approximate surface area is 151 Å². The number of amides is 1. The molecule has 1 saturated heterocycles. The Morgan fingerprint density at radius 1 is 1.23 bits per heavy atom.